The van der Waals surface area contributed by atoms with Crippen LogP contribution in [-0.2, 0) is 17.5 Å². The van der Waals surface area contributed by atoms with Crippen LogP contribution in [0.2, 0.25) is 0 Å². The molecule has 2 fully saturated rings. The van der Waals surface area contributed by atoms with Crippen LogP contribution in [-0.4, -0.2) is 45.8 Å². The average molecular weight is 316 g/mol. The molecule has 3 heterocycles. The number of nitrogens with one attached hydrogen (secondary N) is 1. The van der Waals surface area contributed by atoms with Crippen molar-refractivity contribution in [2.75, 3.05) is 13.1 Å². The molecular weight excluding hydrogens is 297 g/mol. The fraction of sp³-hybridized carbons (Fsp3) is 0.714. The number of halogens is 3. The molecule has 0 saturated carbocycles. The van der Waals surface area contributed by atoms with Crippen molar-refractivity contribution in [3.8, 4) is 0 Å². The smallest absolute Gasteiger partial charge is 0.350 e. The maximum Gasteiger partial charge on any atom is 0.435 e. The van der Waals surface area contributed by atoms with Gasteiger partial charge in [0.25, 0.3) is 0 Å². The minimum Gasteiger partial charge on any atom is -0.350 e. The van der Waals surface area contributed by atoms with E-state index >= 15 is 0 Å². The van der Waals surface area contributed by atoms with Gasteiger partial charge in [0, 0.05) is 24.8 Å². The van der Waals surface area contributed by atoms with Gasteiger partial charge in [0.1, 0.15) is 6.54 Å². The summed E-state index contributed by atoms with van der Waals surface area (Å²) in [7, 11) is 0. The van der Waals surface area contributed by atoms with Crippen molar-refractivity contribution in [3.05, 3.63) is 18.0 Å². The minimum absolute atomic E-state index is 0.102. The van der Waals surface area contributed by atoms with Crippen LogP contribution < -0.4 is 5.32 Å². The Bertz CT molecular complexity index is 542. The first-order valence-corrected chi connectivity index (χ1v) is 7.57. The second kappa shape index (κ2) is 5.91. The number of hydrogen-bond acceptors (Lipinski definition) is 3. The number of carbonyl (C=O) groups is 1. The highest BCUT2D eigenvalue weighted by Crippen LogP contribution is 2.28. The van der Waals surface area contributed by atoms with Gasteiger partial charge in [-0.2, -0.15) is 18.3 Å². The van der Waals surface area contributed by atoms with Gasteiger partial charge in [-0.1, -0.05) is 6.42 Å². The number of amides is 1. The Labute approximate surface area is 126 Å². The van der Waals surface area contributed by atoms with Crippen LogP contribution in [0, 0.1) is 0 Å². The summed E-state index contributed by atoms with van der Waals surface area (Å²) in [6.45, 7) is 1.88. The number of aromatic nitrogens is 2. The summed E-state index contributed by atoms with van der Waals surface area (Å²) in [5, 5.41) is 6.35. The summed E-state index contributed by atoms with van der Waals surface area (Å²) in [6, 6.07) is 1.36. The molecule has 1 amide bonds. The summed E-state index contributed by atoms with van der Waals surface area (Å²) in [6.07, 6.45) is 1.06. The highest BCUT2D eigenvalue weighted by Gasteiger charge is 2.36. The van der Waals surface area contributed by atoms with Gasteiger partial charge in [-0.3, -0.25) is 14.4 Å². The van der Waals surface area contributed by atoms with Gasteiger partial charge < -0.3 is 5.32 Å². The largest absolute Gasteiger partial charge is 0.435 e. The second-order valence-electron chi connectivity index (χ2n) is 5.96. The summed E-state index contributed by atoms with van der Waals surface area (Å²) in [5.41, 5.74) is -0.973. The summed E-state index contributed by atoms with van der Waals surface area (Å²) in [5.74, 6) is -0.283. The fourth-order valence-corrected chi connectivity index (χ4v) is 3.42. The zero-order valence-electron chi connectivity index (χ0n) is 12.1. The molecule has 0 spiro atoms. The van der Waals surface area contributed by atoms with E-state index in [1.807, 2.05) is 0 Å². The lowest BCUT2D eigenvalue weighted by Crippen LogP contribution is -2.47. The highest BCUT2D eigenvalue weighted by molar-refractivity contribution is 5.76. The van der Waals surface area contributed by atoms with E-state index in [0.29, 0.717) is 6.04 Å². The molecule has 2 atom stereocenters. The van der Waals surface area contributed by atoms with E-state index < -0.39 is 11.9 Å². The van der Waals surface area contributed by atoms with E-state index in [4.69, 9.17) is 0 Å². The maximum absolute atomic E-state index is 12.5. The van der Waals surface area contributed by atoms with E-state index in [1.165, 1.54) is 19.0 Å². The van der Waals surface area contributed by atoms with Gasteiger partial charge in [0.2, 0.25) is 5.91 Å². The molecule has 0 aromatic carbocycles. The van der Waals surface area contributed by atoms with Crippen LogP contribution in [0.5, 0.6) is 0 Å². The number of piperidine rings is 1. The number of carbonyl (C=O) groups excluding carboxylic acids is 1. The normalized spacial score (nSPS) is 26.0. The van der Waals surface area contributed by atoms with Crippen molar-refractivity contribution < 1.29 is 18.0 Å². The van der Waals surface area contributed by atoms with E-state index in [1.54, 1.807) is 0 Å². The van der Waals surface area contributed by atoms with Crippen LogP contribution in [0.3, 0.4) is 0 Å². The molecular formula is C14H19F3N4O. The molecule has 0 unspecified atom stereocenters. The number of nitrogens with zero attached hydrogens (tertiary/aromatic N) is 3. The standard InChI is InChI=1S/C14H19F3N4O/c15-14(16,17)12-5-8-21(19-12)9-13(22)18-10-4-7-20-6-2-1-3-11(10)20/h5,8,10-11H,1-4,6-7,9H2,(H,18,22)/t10-,11+/m0/s1. The molecule has 2 saturated heterocycles. The van der Waals surface area contributed by atoms with Crippen LogP contribution in [0.25, 0.3) is 0 Å². The summed E-state index contributed by atoms with van der Waals surface area (Å²) >= 11 is 0. The Morgan fingerprint density at radius 2 is 2.14 bits per heavy atom. The number of rotatable bonds is 3. The predicted octanol–water partition coefficient (Wildman–Crippen LogP) is 1.64. The van der Waals surface area contributed by atoms with Gasteiger partial charge in [-0.25, -0.2) is 0 Å². The van der Waals surface area contributed by atoms with E-state index in [0.717, 1.165) is 36.7 Å². The van der Waals surface area contributed by atoms with Crippen LogP contribution in [0.4, 0.5) is 13.2 Å². The Morgan fingerprint density at radius 3 is 2.86 bits per heavy atom. The first-order chi connectivity index (χ1) is 10.4. The molecule has 3 rings (SSSR count). The van der Waals surface area contributed by atoms with Crippen molar-refractivity contribution >= 4 is 5.91 Å². The lowest BCUT2D eigenvalue weighted by Gasteiger charge is -2.32. The molecule has 5 nitrogen and oxygen atoms in total. The van der Waals surface area contributed by atoms with Gasteiger partial charge in [-0.15, -0.1) is 0 Å². The molecule has 2 aliphatic rings. The third-order valence-electron chi connectivity index (χ3n) is 4.44. The zero-order valence-corrected chi connectivity index (χ0v) is 12.1. The molecule has 0 aliphatic carbocycles. The Kier molecular flexibility index (Phi) is 4.12. The van der Waals surface area contributed by atoms with Gasteiger partial charge in [0.15, 0.2) is 5.69 Å². The van der Waals surface area contributed by atoms with Crippen LogP contribution in [0.15, 0.2) is 12.3 Å². The van der Waals surface area contributed by atoms with Crippen molar-refractivity contribution in [1.29, 1.82) is 0 Å². The molecule has 0 bridgehead atoms. The third kappa shape index (κ3) is 3.26. The van der Waals surface area contributed by atoms with Gasteiger partial charge in [-0.05, 0) is 31.9 Å². The second-order valence-corrected chi connectivity index (χ2v) is 5.96. The third-order valence-corrected chi connectivity index (χ3v) is 4.44. The van der Waals surface area contributed by atoms with E-state index in [-0.39, 0.29) is 18.5 Å². The Balaban J connectivity index is 1.55. The van der Waals surface area contributed by atoms with Crippen molar-refractivity contribution in [1.82, 2.24) is 20.0 Å². The van der Waals surface area contributed by atoms with Gasteiger partial charge >= 0.3 is 6.18 Å². The fourth-order valence-electron chi connectivity index (χ4n) is 3.42. The predicted molar refractivity (Wildman–Crippen MR) is 73.0 cm³/mol. The van der Waals surface area contributed by atoms with Crippen LogP contribution in [0.1, 0.15) is 31.4 Å². The molecule has 122 valence electrons. The molecule has 1 N–H and O–H groups in total. The number of alkyl halides is 3. The lowest BCUT2D eigenvalue weighted by atomic mass is 9.99. The molecule has 2 aliphatic heterocycles. The average Bonchev–Trinajstić information content (AvgIpc) is 3.06. The molecule has 1 aromatic rings. The molecule has 22 heavy (non-hydrogen) atoms. The monoisotopic (exact) mass is 316 g/mol. The van der Waals surface area contributed by atoms with Crippen molar-refractivity contribution in [2.24, 2.45) is 0 Å². The summed E-state index contributed by atoms with van der Waals surface area (Å²) < 4.78 is 38.4. The number of fused-ring (bicyclic) bond motifs is 1. The Morgan fingerprint density at radius 1 is 1.32 bits per heavy atom. The topological polar surface area (TPSA) is 50.2 Å². The molecule has 8 heteroatoms. The van der Waals surface area contributed by atoms with Crippen molar-refractivity contribution in [2.45, 2.75) is 50.5 Å². The number of hydrogen-bond donors (Lipinski definition) is 1. The van der Waals surface area contributed by atoms with E-state index in [9.17, 15) is 18.0 Å². The van der Waals surface area contributed by atoms with Crippen LogP contribution >= 0.6 is 0 Å². The lowest BCUT2D eigenvalue weighted by molar-refractivity contribution is -0.141. The van der Waals surface area contributed by atoms with Gasteiger partial charge in [0.05, 0.1) is 0 Å². The van der Waals surface area contributed by atoms with E-state index in [2.05, 4.69) is 15.3 Å². The first-order valence-electron chi connectivity index (χ1n) is 7.57. The SMILES string of the molecule is O=C(Cn1ccc(C(F)(F)F)n1)N[C@H]1CCN2CCCC[C@H]12. The summed E-state index contributed by atoms with van der Waals surface area (Å²) in [4.78, 5) is 14.4. The minimum atomic E-state index is -4.48. The molecule has 0 radical (unpaired) electrons. The quantitative estimate of drug-likeness (QED) is 0.922. The first kappa shape index (κ1) is 15.3. The van der Waals surface area contributed by atoms with Crippen molar-refractivity contribution in [3.63, 3.8) is 0 Å². The highest BCUT2D eigenvalue weighted by atomic mass is 19.4. The molecule has 1 aromatic heterocycles. The Hall–Kier alpha value is -1.57. The maximum atomic E-state index is 12.5. The zero-order chi connectivity index (χ0) is 15.7.